The Morgan fingerprint density at radius 2 is 1.78 bits per heavy atom. The number of imide groups is 1. The van der Waals surface area contributed by atoms with Crippen LogP contribution in [0.4, 0.5) is 26.8 Å². The molecular weight excluding hydrogens is 719 g/mol. The van der Waals surface area contributed by atoms with Crippen molar-refractivity contribution in [1.29, 1.82) is 0 Å². The van der Waals surface area contributed by atoms with E-state index in [1.165, 1.54) is 12.7 Å². The monoisotopic (exact) mass is 763 g/mol. The molecule has 2 heterocycles. The van der Waals surface area contributed by atoms with E-state index in [0.717, 1.165) is 38.3 Å². The van der Waals surface area contributed by atoms with Gasteiger partial charge in [0.25, 0.3) is 0 Å². The molecule has 2 aromatic rings. The van der Waals surface area contributed by atoms with Crippen LogP contribution in [0, 0.1) is 5.82 Å². The number of halogens is 3. The lowest BCUT2D eigenvalue weighted by molar-refractivity contribution is -0.138. The van der Waals surface area contributed by atoms with Crippen molar-refractivity contribution in [3.05, 3.63) is 39.6 Å². The maximum atomic E-state index is 14.3. The summed E-state index contributed by atoms with van der Waals surface area (Å²) >= 11 is 11.8. The number of carbonyl (C=O) groups excluding carboxylic acids is 2. The number of benzene rings is 1. The summed E-state index contributed by atoms with van der Waals surface area (Å²) in [7, 11) is -3.10. The first kappa shape index (κ1) is 42.6. The Morgan fingerprint density at radius 3 is 2.28 bits per heavy atom. The highest BCUT2D eigenvalue weighted by Gasteiger charge is 2.40. The lowest BCUT2D eigenvalue weighted by Gasteiger charge is -2.20. The number of nitrogens with zero attached hydrogens (tertiary/aromatic N) is 4. The Morgan fingerprint density at radius 1 is 1.18 bits per heavy atom. The largest absolute Gasteiger partial charge is 0.489 e. The summed E-state index contributed by atoms with van der Waals surface area (Å²) in [6, 6.07) is 1.29. The van der Waals surface area contributed by atoms with Gasteiger partial charge in [0, 0.05) is 31.0 Å². The Bertz CT molecular complexity index is 1610. The van der Waals surface area contributed by atoms with Crippen LogP contribution in [0.15, 0.2) is 23.5 Å². The number of allylic oxidation sites excluding steroid dienone is 1. The molecule has 278 valence electrons. The predicted molar refractivity (Wildman–Crippen MR) is 190 cm³/mol. The summed E-state index contributed by atoms with van der Waals surface area (Å²) in [6.45, 7) is 13.2. The third kappa shape index (κ3) is 14.0. The number of hydrogen-bond acceptors (Lipinski definition) is 12. The first-order valence-corrected chi connectivity index (χ1v) is 18.8. The Kier molecular flexibility index (Phi) is 15.9. The first-order chi connectivity index (χ1) is 23.1. The van der Waals surface area contributed by atoms with Crippen LogP contribution in [-0.2, 0) is 18.9 Å². The number of carbonyl (C=O) groups is 3. The molecule has 2 amide bonds. The summed E-state index contributed by atoms with van der Waals surface area (Å²) in [5.74, 6) is -1.49. The smallest absolute Gasteiger partial charge is 0.427 e. The highest BCUT2D eigenvalue weighted by molar-refractivity contribution is 7.57. The molecule has 0 radical (unpaired) electrons. The summed E-state index contributed by atoms with van der Waals surface area (Å²) < 4.78 is 35.7. The minimum Gasteiger partial charge on any atom is -0.489 e. The van der Waals surface area contributed by atoms with Crippen molar-refractivity contribution in [1.82, 2.24) is 15.0 Å². The van der Waals surface area contributed by atoms with Crippen molar-refractivity contribution >= 4 is 66.1 Å². The molecule has 1 aromatic heterocycles. The standard InChI is InChI=1S/C17H17ClFNO4.C9H16ClN5.C5H12NO4P/c1-9(2)15-16(21)20(17(22)24-15)13-8-14(11(18)7-12(13)19)23-10-5-3-4-6-10;1-5-11-7-12-6(10)13-8(14-7)15-9(2,3)4;1-11(9,10)3-2-4(6)5(7)8/h7-8,10H,3-6H2,1-2H3;5H2,1-4H3,(H2,11,12,13,14,15);4H,2-3,6H2,1H3,(H,7,8)(H,9,10). The molecular formula is C31H45Cl2FN7O8P. The van der Waals surface area contributed by atoms with Gasteiger partial charge in [-0.3, -0.25) is 14.2 Å². The van der Waals surface area contributed by atoms with E-state index < -0.39 is 37.2 Å². The number of carboxylic acids is 1. The molecule has 1 saturated heterocycles. The fraction of sp³-hybridized carbons (Fsp3) is 0.548. The number of cyclic esters (lactones) is 1. The minimum atomic E-state index is -3.10. The second-order valence-electron chi connectivity index (χ2n) is 12.8. The molecule has 4 rings (SSSR count). The number of amides is 2. The van der Waals surface area contributed by atoms with E-state index in [-0.39, 0.29) is 51.7 Å². The molecule has 19 heteroatoms. The van der Waals surface area contributed by atoms with E-state index >= 15 is 0 Å². The number of aromatic nitrogens is 3. The van der Waals surface area contributed by atoms with Crippen molar-refractivity contribution in [2.45, 2.75) is 91.3 Å². The molecule has 2 unspecified atom stereocenters. The quantitative estimate of drug-likeness (QED) is 0.130. The van der Waals surface area contributed by atoms with Gasteiger partial charge in [0.2, 0.25) is 17.2 Å². The number of nitrogens with one attached hydrogen (secondary N) is 2. The predicted octanol–water partition coefficient (Wildman–Crippen LogP) is 6.43. The molecule has 2 aliphatic rings. The fourth-order valence-electron chi connectivity index (χ4n) is 4.33. The van der Waals surface area contributed by atoms with Gasteiger partial charge in [-0.05, 0) is 96.9 Å². The maximum Gasteiger partial charge on any atom is 0.427 e. The van der Waals surface area contributed by atoms with Crippen LogP contribution in [0.5, 0.6) is 5.75 Å². The van der Waals surface area contributed by atoms with Crippen LogP contribution in [0.25, 0.3) is 0 Å². The molecule has 1 aliphatic carbocycles. The molecule has 0 bridgehead atoms. The summed E-state index contributed by atoms with van der Waals surface area (Å²) in [6.07, 6.45) is 3.00. The Balaban J connectivity index is 0.000000286. The normalized spacial score (nSPS) is 16.3. The Labute approximate surface area is 300 Å². The zero-order valence-electron chi connectivity index (χ0n) is 29.1. The molecule has 1 aliphatic heterocycles. The van der Waals surface area contributed by atoms with Crippen molar-refractivity contribution < 1.29 is 42.8 Å². The van der Waals surface area contributed by atoms with E-state index in [1.807, 2.05) is 27.7 Å². The van der Waals surface area contributed by atoms with Gasteiger partial charge in [-0.25, -0.2) is 14.1 Å². The number of carboxylic acid groups (broad SMARTS) is 1. The number of ether oxygens (including phenoxy) is 2. The molecule has 1 saturated carbocycles. The van der Waals surface area contributed by atoms with Gasteiger partial charge >= 0.3 is 18.0 Å². The van der Waals surface area contributed by atoms with Gasteiger partial charge in [0.05, 0.1) is 16.8 Å². The molecule has 50 heavy (non-hydrogen) atoms. The van der Waals surface area contributed by atoms with Crippen molar-refractivity contribution in [3.8, 4) is 5.75 Å². The maximum absolute atomic E-state index is 14.3. The minimum absolute atomic E-state index is 0.00962. The fourth-order valence-corrected chi connectivity index (χ4v) is 5.44. The van der Waals surface area contributed by atoms with Crippen molar-refractivity contribution in [2.75, 3.05) is 34.9 Å². The van der Waals surface area contributed by atoms with Gasteiger partial charge in [0.1, 0.15) is 17.6 Å². The molecule has 2 atom stereocenters. The zero-order valence-corrected chi connectivity index (χ0v) is 31.5. The van der Waals surface area contributed by atoms with Crippen LogP contribution < -0.4 is 26.0 Å². The topological polar surface area (TPSA) is 219 Å². The van der Waals surface area contributed by atoms with Gasteiger partial charge in [-0.1, -0.05) is 11.6 Å². The highest BCUT2D eigenvalue weighted by atomic mass is 35.5. The van der Waals surface area contributed by atoms with Crippen LogP contribution >= 0.6 is 30.6 Å². The third-order valence-electron chi connectivity index (χ3n) is 6.66. The number of anilines is 3. The molecule has 0 spiro atoms. The van der Waals surface area contributed by atoms with E-state index in [2.05, 4.69) is 25.6 Å². The van der Waals surface area contributed by atoms with E-state index in [0.29, 0.717) is 22.4 Å². The van der Waals surface area contributed by atoms with Crippen LogP contribution in [0.3, 0.4) is 0 Å². The summed E-state index contributed by atoms with van der Waals surface area (Å²) in [5, 5.41) is 14.7. The van der Waals surface area contributed by atoms with E-state index in [1.54, 1.807) is 13.8 Å². The lowest BCUT2D eigenvalue weighted by atomic mass is 10.1. The highest BCUT2D eigenvalue weighted by Crippen LogP contribution is 2.38. The lowest BCUT2D eigenvalue weighted by Crippen LogP contribution is -2.30. The van der Waals surface area contributed by atoms with Crippen LogP contribution in [0.2, 0.25) is 10.3 Å². The van der Waals surface area contributed by atoms with E-state index in [9.17, 15) is 23.3 Å². The number of hydrogen-bond donors (Lipinski definition) is 5. The van der Waals surface area contributed by atoms with E-state index in [4.69, 9.17) is 48.4 Å². The van der Waals surface area contributed by atoms with Gasteiger partial charge in [-0.2, -0.15) is 15.0 Å². The molecule has 2 fully saturated rings. The SMILES string of the molecule is CC(C)=C1OC(=O)N(c2cc(OC3CCCC3)c(Cl)cc2F)C1=O.CCNc1nc(Cl)nc(NC(C)(C)C)n1.CP(=O)(O)CCC(N)C(=O)O. The second kappa shape index (κ2) is 18.6. The number of aliphatic carboxylic acids is 1. The summed E-state index contributed by atoms with van der Waals surface area (Å²) in [5.41, 5.74) is 5.30. The molecule has 15 nitrogen and oxygen atoms in total. The molecule has 1 aromatic carbocycles. The second-order valence-corrected chi connectivity index (χ2v) is 16.1. The van der Waals surface area contributed by atoms with Gasteiger partial charge in [-0.15, -0.1) is 0 Å². The number of rotatable bonds is 10. The van der Waals surface area contributed by atoms with Gasteiger partial charge < -0.3 is 35.8 Å². The van der Waals surface area contributed by atoms with Gasteiger partial charge in [0.15, 0.2) is 13.1 Å². The number of nitrogens with two attached hydrogens (primary N) is 1. The third-order valence-corrected chi connectivity index (χ3v) is 8.22. The first-order valence-electron chi connectivity index (χ1n) is 15.7. The van der Waals surface area contributed by atoms with Crippen molar-refractivity contribution in [2.24, 2.45) is 5.73 Å². The van der Waals surface area contributed by atoms with Crippen molar-refractivity contribution in [3.63, 3.8) is 0 Å². The average Bonchev–Trinajstić information content (AvgIpc) is 3.59. The average molecular weight is 765 g/mol. The zero-order chi connectivity index (χ0) is 38.0. The van der Waals surface area contributed by atoms with Crippen LogP contribution in [0.1, 0.15) is 73.6 Å². The van der Waals surface area contributed by atoms with Crippen LogP contribution in [-0.4, -0.2) is 80.0 Å². The molecule has 6 N–H and O–H groups in total. The summed E-state index contributed by atoms with van der Waals surface area (Å²) in [4.78, 5) is 56.0. The Hall–Kier alpha value is -3.56.